The van der Waals surface area contributed by atoms with Crippen LogP contribution >= 0.6 is 0 Å². The molecule has 0 nitrogen and oxygen atoms in total. The van der Waals surface area contributed by atoms with Gasteiger partial charge in [-0.2, -0.15) is 0 Å². The van der Waals surface area contributed by atoms with Crippen LogP contribution in [-0.2, 0) is 17.1 Å². The molecule has 9 heavy (non-hydrogen) atoms. The normalized spacial score (nSPS) is 9.78. The van der Waals surface area contributed by atoms with Gasteiger partial charge < -0.3 is 0 Å². The van der Waals surface area contributed by atoms with Crippen molar-refractivity contribution in [1.29, 1.82) is 0 Å². The van der Waals surface area contributed by atoms with Crippen LogP contribution in [0.3, 0.4) is 0 Å². The summed E-state index contributed by atoms with van der Waals surface area (Å²) in [7, 11) is 0. The van der Waals surface area contributed by atoms with Crippen LogP contribution in [0, 0.1) is 5.92 Å². The molecule has 0 N–H and O–H groups in total. The molecule has 0 aromatic heterocycles. The first kappa shape index (κ1) is 9.62. The molecule has 0 amide bonds. The minimum atomic E-state index is -0.0263. The minimum absolute atomic E-state index is 0.0263. The standard InChI is InChI=1S/2C4H9.Zn/c1-4(2)3;1-3-4-2;/h4H,1H2,2-3H3;1,3-4H2,2H3;. The molecule has 0 atom stereocenters. The van der Waals surface area contributed by atoms with Crippen LogP contribution in [0.15, 0.2) is 0 Å². The van der Waals surface area contributed by atoms with Crippen LogP contribution in [0.4, 0.5) is 0 Å². The molecular formula is C8H18Zn. The van der Waals surface area contributed by atoms with Crippen molar-refractivity contribution in [1.82, 2.24) is 0 Å². The molecule has 0 spiro atoms. The molecule has 52 valence electrons. The fourth-order valence-corrected chi connectivity index (χ4v) is 5.09. The first-order valence-electron chi connectivity index (χ1n) is 4.27. The Bertz CT molecular complexity index is 50.5. The zero-order valence-electron chi connectivity index (χ0n) is 7.11. The number of rotatable bonds is 5. The Hall–Kier alpha value is 0.623. The van der Waals surface area contributed by atoms with Gasteiger partial charge in [-0.05, 0) is 0 Å². The van der Waals surface area contributed by atoms with Crippen LogP contribution < -0.4 is 0 Å². The van der Waals surface area contributed by atoms with E-state index >= 15 is 0 Å². The van der Waals surface area contributed by atoms with Gasteiger partial charge >= 0.3 is 66.7 Å². The van der Waals surface area contributed by atoms with Gasteiger partial charge in [-0.25, -0.2) is 0 Å². The van der Waals surface area contributed by atoms with Crippen molar-refractivity contribution < 1.29 is 17.1 Å². The first-order valence-corrected chi connectivity index (χ1v) is 8.47. The van der Waals surface area contributed by atoms with Gasteiger partial charge in [0.25, 0.3) is 0 Å². The van der Waals surface area contributed by atoms with Crippen molar-refractivity contribution in [3.8, 4) is 0 Å². The van der Waals surface area contributed by atoms with E-state index in [9.17, 15) is 0 Å². The maximum atomic E-state index is 2.34. The summed E-state index contributed by atoms with van der Waals surface area (Å²) in [6, 6.07) is 0. The van der Waals surface area contributed by atoms with Gasteiger partial charge in [0, 0.05) is 0 Å². The predicted octanol–water partition coefficient (Wildman–Crippen LogP) is 3.36. The van der Waals surface area contributed by atoms with Crippen LogP contribution in [0.25, 0.3) is 0 Å². The van der Waals surface area contributed by atoms with Gasteiger partial charge in [0.2, 0.25) is 0 Å². The van der Waals surface area contributed by atoms with E-state index in [2.05, 4.69) is 20.8 Å². The first-order chi connectivity index (χ1) is 4.27. The van der Waals surface area contributed by atoms with Crippen molar-refractivity contribution in [3.63, 3.8) is 0 Å². The molecule has 0 saturated heterocycles. The van der Waals surface area contributed by atoms with Crippen LogP contribution in [0.5, 0.6) is 0 Å². The van der Waals surface area contributed by atoms with E-state index in [1.54, 1.807) is 10.0 Å². The van der Waals surface area contributed by atoms with E-state index in [-0.39, 0.29) is 17.1 Å². The fourth-order valence-electron chi connectivity index (χ4n) is 0.979. The van der Waals surface area contributed by atoms with Crippen molar-refractivity contribution in [2.45, 2.75) is 43.6 Å². The topological polar surface area (TPSA) is 0 Å². The molecule has 0 aromatic carbocycles. The summed E-state index contributed by atoms with van der Waals surface area (Å²) >= 11 is -0.0263. The molecule has 0 rings (SSSR count). The number of hydrogen-bond acceptors (Lipinski definition) is 0. The third-order valence-corrected chi connectivity index (χ3v) is 7.01. The van der Waals surface area contributed by atoms with Gasteiger partial charge in [0.1, 0.15) is 0 Å². The molecule has 1 heteroatoms. The Morgan fingerprint density at radius 2 is 2.00 bits per heavy atom. The zero-order valence-corrected chi connectivity index (χ0v) is 10.1. The number of unbranched alkanes of at least 4 members (excludes halogenated alkanes) is 1. The molecule has 0 saturated carbocycles. The zero-order chi connectivity index (χ0) is 7.11. The Morgan fingerprint density at radius 1 is 1.33 bits per heavy atom. The second-order valence-electron chi connectivity index (χ2n) is 3.24. The Labute approximate surface area is 67.0 Å². The molecule has 0 heterocycles. The van der Waals surface area contributed by atoms with E-state index < -0.39 is 0 Å². The Balaban J connectivity index is 2.75. The third kappa shape index (κ3) is 8.62. The van der Waals surface area contributed by atoms with E-state index in [1.807, 2.05) is 0 Å². The molecule has 0 unspecified atom stereocenters. The van der Waals surface area contributed by atoms with Gasteiger partial charge in [0.05, 0.1) is 0 Å². The van der Waals surface area contributed by atoms with Gasteiger partial charge in [-0.1, -0.05) is 0 Å². The predicted molar refractivity (Wildman–Crippen MR) is 39.4 cm³/mol. The van der Waals surface area contributed by atoms with Crippen molar-refractivity contribution in [2.75, 3.05) is 0 Å². The summed E-state index contributed by atoms with van der Waals surface area (Å²) in [4.78, 5) is 0. The van der Waals surface area contributed by atoms with Gasteiger partial charge in [0.15, 0.2) is 0 Å². The Kier molecular flexibility index (Phi) is 7.21. The van der Waals surface area contributed by atoms with E-state index in [0.29, 0.717) is 0 Å². The van der Waals surface area contributed by atoms with E-state index in [1.165, 1.54) is 12.8 Å². The Morgan fingerprint density at radius 3 is 2.44 bits per heavy atom. The summed E-state index contributed by atoms with van der Waals surface area (Å²) in [6.07, 6.45) is 2.91. The quantitative estimate of drug-likeness (QED) is 0.449. The SMILES string of the molecule is CCC[CH2][Zn][CH2]C(C)C. The number of hydrogen-bond donors (Lipinski definition) is 0. The molecule has 0 aliphatic rings. The summed E-state index contributed by atoms with van der Waals surface area (Å²) in [5.74, 6) is 0.988. The molecular weight excluding hydrogens is 161 g/mol. The molecule has 0 radical (unpaired) electrons. The van der Waals surface area contributed by atoms with Crippen molar-refractivity contribution >= 4 is 0 Å². The van der Waals surface area contributed by atoms with Crippen LogP contribution in [0.2, 0.25) is 10.0 Å². The summed E-state index contributed by atoms with van der Waals surface area (Å²) in [5, 5.41) is 3.23. The summed E-state index contributed by atoms with van der Waals surface area (Å²) in [6.45, 7) is 6.98. The summed E-state index contributed by atoms with van der Waals surface area (Å²) < 4.78 is 0. The maximum absolute atomic E-state index is 2.34. The molecule has 0 aliphatic heterocycles. The van der Waals surface area contributed by atoms with E-state index in [0.717, 1.165) is 5.92 Å². The van der Waals surface area contributed by atoms with Crippen molar-refractivity contribution in [3.05, 3.63) is 0 Å². The second-order valence-corrected chi connectivity index (χ2v) is 7.42. The van der Waals surface area contributed by atoms with Crippen LogP contribution in [-0.4, -0.2) is 0 Å². The van der Waals surface area contributed by atoms with Gasteiger partial charge in [-0.15, -0.1) is 0 Å². The second kappa shape index (κ2) is 6.74. The average molecular weight is 180 g/mol. The molecule has 0 aromatic rings. The van der Waals surface area contributed by atoms with Crippen molar-refractivity contribution in [2.24, 2.45) is 5.92 Å². The van der Waals surface area contributed by atoms with Crippen LogP contribution in [0.1, 0.15) is 33.6 Å². The monoisotopic (exact) mass is 178 g/mol. The third-order valence-electron chi connectivity index (χ3n) is 1.64. The molecule has 0 bridgehead atoms. The summed E-state index contributed by atoms with van der Waals surface area (Å²) in [5.41, 5.74) is 0. The molecule has 0 aliphatic carbocycles. The van der Waals surface area contributed by atoms with Gasteiger partial charge in [-0.3, -0.25) is 0 Å². The molecule has 0 fully saturated rings. The van der Waals surface area contributed by atoms with E-state index in [4.69, 9.17) is 0 Å². The average Bonchev–Trinajstić information content (AvgIpc) is 1.80. The fraction of sp³-hybridized carbons (Fsp3) is 1.00.